The lowest BCUT2D eigenvalue weighted by Crippen LogP contribution is -2.40. The number of ether oxygens (including phenoxy) is 2. The number of anilines is 1. The Kier molecular flexibility index (Phi) is 6.16. The van der Waals surface area contributed by atoms with Crippen LogP contribution in [0.2, 0.25) is 0 Å². The molecule has 2 saturated heterocycles. The minimum absolute atomic E-state index is 0.0527. The van der Waals surface area contributed by atoms with Crippen LogP contribution in [0.25, 0.3) is 0 Å². The first-order chi connectivity index (χ1) is 16.4. The molecule has 4 heterocycles. The number of nitrogens with zero attached hydrogens (tertiary/aromatic N) is 3. The Morgan fingerprint density at radius 2 is 2.24 bits per heavy atom. The van der Waals surface area contributed by atoms with Crippen molar-refractivity contribution in [3.8, 4) is 0 Å². The lowest BCUT2D eigenvalue weighted by Gasteiger charge is -2.21. The zero-order valence-electron chi connectivity index (χ0n) is 19.6. The molecule has 34 heavy (non-hydrogen) atoms. The Morgan fingerprint density at radius 3 is 3.00 bits per heavy atom. The molecule has 1 saturated carbocycles. The highest BCUT2D eigenvalue weighted by Gasteiger charge is 2.40. The molecule has 2 amide bonds. The van der Waals surface area contributed by atoms with E-state index in [4.69, 9.17) is 9.47 Å². The molecule has 5 rings (SSSR count). The van der Waals surface area contributed by atoms with Crippen molar-refractivity contribution in [3.05, 3.63) is 41.9 Å². The number of rotatable bonds is 7. The van der Waals surface area contributed by atoms with Gasteiger partial charge in [-0.25, -0.2) is 4.79 Å². The van der Waals surface area contributed by atoms with Gasteiger partial charge in [0, 0.05) is 49.4 Å². The number of amides is 2. The van der Waals surface area contributed by atoms with E-state index in [2.05, 4.69) is 31.9 Å². The Bertz CT molecular complexity index is 1020. The number of hydrogen-bond acceptors (Lipinski definition) is 7. The van der Waals surface area contributed by atoms with E-state index in [0.717, 1.165) is 31.5 Å². The average Bonchev–Trinajstić information content (AvgIpc) is 3.28. The van der Waals surface area contributed by atoms with Crippen molar-refractivity contribution in [2.45, 2.75) is 69.2 Å². The molecule has 2 aromatic rings. The average molecular weight is 469 g/mol. The van der Waals surface area contributed by atoms with E-state index in [9.17, 15) is 9.59 Å². The van der Waals surface area contributed by atoms with Crippen molar-refractivity contribution >= 4 is 17.8 Å². The molecule has 3 N–H and O–H groups in total. The van der Waals surface area contributed by atoms with Crippen LogP contribution in [0, 0.1) is 0 Å². The number of H-pyrrole nitrogens is 1. The van der Waals surface area contributed by atoms with Crippen LogP contribution in [0.4, 0.5) is 10.6 Å². The molecular weight excluding hydrogens is 436 g/mol. The largest absolute Gasteiger partial charge is 0.444 e. The van der Waals surface area contributed by atoms with Gasteiger partial charge in [0.2, 0.25) is 5.91 Å². The molecule has 182 valence electrons. The van der Waals surface area contributed by atoms with E-state index in [1.54, 1.807) is 6.20 Å². The summed E-state index contributed by atoms with van der Waals surface area (Å²) >= 11 is 0. The molecule has 10 nitrogen and oxygen atoms in total. The fourth-order valence-electron chi connectivity index (χ4n) is 4.62. The van der Waals surface area contributed by atoms with Crippen LogP contribution in [0.3, 0.4) is 0 Å². The Hall–Kier alpha value is -3.14. The molecule has 0 spiro atoms. The number of carbonyl (C=O) groups is 2. The topological polar surface area (TPSA) is 121 Å². The molecule has 0 unspecified atom stereocenters. The SMILES string of the molecule is C[C@@H](Nc1cc([C@@H]2C[C@H](OC(=O)NC3(C)CC3)CO2)[nH]n1)C(=O)N1CC[C@@H](c2cccnc2)C1. The highest BCUT2D eigenvalue weighted by molar-refractivity contribution is 5.84. The van der Waals surface area contributed by atoms with Gasteiger partial charge in [-0.2, -0.15) is 5.10 Å². The second kappa shape index (κ2) is 9.25. The lowest BCUT2D eigenvalue weighted by molar-refractivity contribution is -0.130. The van der Waals surface area contributed by atoms with Gasteiger partial charge in [-0.05, 0) is 44.7 Å². The maximum atomic E-state index is 13.0. The third-order valence-corrected chi connectivity index (χ3v) is 6.97. The standard InChI is InChI=1S/C24H32N6O4/c1-15(22(31)30-9-5-17(13-30)16-4-3-8-25-12-16)26-21-11-19(28-29-21)20-10-18(14-33-20)34-23(32)27-24(2)6-7-24/h3-4,8,11-12,15,17-18,20H,5-7,9-10,13-14H2,1-2H3,(H,27,32)(H2,26,28,29)/t15-,17-,18+,20+/m1/s1. The van der Waals surface area contributed by atoms with E-state index in [0.29, 0.717) is 31.3 Å². The number of likely N-dealkylation sites (tertiary alicyclic amines) is 1. The molecule has 3 fully saturated rings. The van der Waals surface area contributed by atoms with Crippen LogP contribution in [-0.2, 0) is 14.3 Å². The molecule has 3 aliphatic rings. The van der Waals surface area contributed by atoms with Gasteiger partial charge in [-0.3, -0.25) is 14.9 Å². The first-order valence-electron chi connectivity index (χ1n) is 12.0. The van der Waals surface area contributed by atoms with Gasteiger partial charge in [0.1, 0.15) is 24.1 Å². The van der Waals surface area contributed by atoms with Crippen molar-refractivity contribution in [1.29, 1.82) is 0 Å². The molecule has 4 atom stereocenters. The number of alkyl carbamates (subject to hydrolysis) is 1. The number of hydrogen-bond donors (Lipinski definition) is 3. The van der Waals surface area contributed by atoms with Gasteiger partial charge >= 0.3 is 6.09 Å². The molecule has 0 aromatic carbocycles. The minimum Gasteiger partial charge on any atom is -0.444 e. The Balaban J connectivity index is 1.10. The van der Waals surface area contributed by atoms with Crippen LogP contribution in [0.15, 0.2) is 30.6 Å². The lowest BCUT2D eigenvalue weighted by atomic mass is 10.0. The van der Waals surface area contributed by atoms with E-state index in [1.165, 1.54) is 5.56 Å². The van der Waals surface area contributed by atoms with Crippen molar-refractivity contribution in [2.75, 3.05) is 25.0 Å². The molecule has 2 aliphatic heterocycles. The fraction of sp³-hybridized carbons (Fsp3) is 0.583. The van der Waals surface area contributed by atoms with Crippen LogP contribution >= 0.6 is 0 Å². The van der Waals surface area contributed by atoms with Gasteiger partial charge in [0.05, 0.1) is 12.3 Å². The highest BCUT2D eigenvalue weighted by atomic mass is 16.6. The van der Waals surface area contributed by atoms with E-state index in [-0.39, 0.29) is 29.7 Å². The molecule has 1 aliphatic carbocycles. The maximum Gasteiger partial charge on any atom is 0.407 e. The van der Waals surface area contributed by atoms with E-state index < -0.39 is 6.04 Å². The van der Waals surface area contributed by atoms with Gasteiger partial charge in [0.15, 0.2) is 0 Å². The summed E-state index contributed by atoms with van der Waals surface area (Å²) in [6.45, 7) is 5.64. The second-order valence-corrected chi connectivity index (χ2v) is 9.90. The molecule has 0 bridgehead atoms. The van der Waals surface area contributed by atoms with Crippen LogP contribution < -0.4 is 10.6 Å². The van der Waals surface area contributed by atoms with Crippen molar-refractivity contribution < 1.29 is 19.1 Å². The van der Waals surface area contributed by atoms with Crippen molar-refractivity contribution in [1.82, 2.24) is 25.4 Å². The number of aromatic nitrogens is 3. The summed E-state index contributed by atoms with van der Waals surface area (Å²) in [5.41, 5.74) is 1.86. The quantitative estimate of drug-likeness (QED) is 0.571. The van der Waals surface area contributed by atoms with Crippen LogP contribution in [0.5, 0.6) is 0 Å². The summed E-state index contributed by atoms with van der Waals surface area (Å²) in [5.74, 6) is 0.967. The Morgan fingerprint density at radius 1 is 1.38 bits per heavy atom. The Labute approximate surface area is 198 Å². The summed E-state index contributed by atoms with van der Waals surface area (Å²) in [6.07, 6.45) is 6.20. The first-order valence-corrected chi connectivity index (χ1v) is 12.0. The monoisotopic (exact) mass is 468 g/mol. The summed E-state index contributed by atoms with van der Waals surface area (Å²) in [7, 11) is 0. The zero-order valence-corrected chi connectivity index (χ0v) is 19.6. The van der Waals surface area contributed by atoms with Crippen LogP contribution in [-0.4, -0.2) is 69.5 Å². The van der Waals surface area contributed by atoms with Crippen molar-refractivity contribution in [3.63, 3.8) is 0 Å². The smallest absolute Gasteiger partial charge is 0.407 e. The normalized spacial score (nSPS) is 26.2. The number of nitrogens with one attached hydrogen (secondary N) is 3. The third kappa shape index (κ3) is 5.16. The second-order valence-electron chi connectivity index (χ2n) is 9.90. The number of pyridine rings is 1. The summed E-state index contributed by atoms with van der Waals surface area (Å²) in [4.78, 5) is 31.1. The molecule has 10 heteroatoms. The van der Waals surface area contributed by atoms with E-state index in [1.807, 2.05) is 37.1 Å². The van der Waals surface area contributed by atoms with E-state index >= 15 is 0 Å². The summed E-state index contributed by atoms with van der Waals surface area (Å²) < 4.78 is 11.3. The van der Waals surface area contributed by atoms with Crippen molar-refractivity contribution in [2.24, 2.45) is 0 Å². The number of carbonyl (C=O) groups excluding carboxylic acids is 2. The van der Waals surface area contributed by atoms with Crippen LogP contribution in [0.1, 0.15) is 62.8 Å². The van der Waals surface area contributed by atoms with Gasteiger partial charge in [-0.1, -0.05) is 6.07 Å². The van der Waals surface area contributed by atoms with Gasteiger partial charge in [-0.15, -0.1) is 0 Å². The predicted octanol–water partition coefficient (Wildman–Crippen LogP) is 2.73. The molecule has 2 aromatic heterocycles. The number of aromatic amines is 1. The fourth-order valence-corrected chi connectivity index (χ4v) is 4.62. The first kappa shape index (κ1) is 22.6. The molecule has 0 radical (unpaired) electrons. The highest BCUT2D eigenvalue weighted by Crippen LogP contribution is 2.35. The van der Waals surface area contributed by atoms with Gasteiger partial charge < -0.3 is 25.0 Å². The zero-order chi connectivity index (χ0) is 23.7. The minimum atomic E-state index is -0.406. The van der Waals surface area contributed by atoms with Gasteiger partial charge in [0.25, 0.3) is 0 Å². The summed E-state index contributed by atoms with van der Waals surface area (Å²) in [5, 5.41) is 13.4. The third-order valence-electron chi connectivity index (χ3n) is 6.97. The molecular formula is C24H32N6O4. The predicted molar refractivity (Wildman–Crippen MR) is 124 cm³/mol. The maximum absolute atomic E-state index is 13.0. The summed E-state index contributed by atoms with van der Waals surface area (Å²) in [6, 6.07) is 5.45.